The predicted molar refractivity (Wildman–Crippen MR) is 72.3 cm³/mol. The van der Waals surface area contributed by atoms with E-state index in [0.29, 0.717) is 0 Å². The summed E-state index contributed by atoms with van der Waals surface area (Å²) in [6.45, 7) is -0.0162. The van der Waals surface area contributed by atoms with E-state index in [-0.39, 0.29) is 29.7 Å². The standard InChI is InChI=1S/C12H14ClFN2O3S/c13-9-3-8(15)4-10(11(9)14)20(18,19)16-5-12(17,6-16)7-1-2-7/h3-4,7,17H,1-2,5-6,15H2. The summed E-state index contributed by atoms with van der Waals surface area (Å²) in [6.07, 6.45) is 1.81. The molecular formula is C12H14ClFN2O3S. The number of rotatable bonds is 3. The van der Waals surface area contributed by atoms with Crippen LogP contribution in [0.15, 0.2) is 17.0 Å². The molecule has 1 heterocycles. The van der Waals surface area contributed by atoms with Crippen molar-refractivity contribution in [3.05, 3.63) is 23.0 Å². The van der Waals surface area contributed by atoms with Crippen LogP contribution in [0.2, 0.25) is 5.02 Å². The number of aliphatic hydroxyl groups is 1. The molecule has 110 valence electrons. The summed E-state index contributed by atoms with van der Waals surface area (Å²) in [4.78, 5) is -0.541. The number of benzene rings is 1. The van der Waals surface area contributed by atoms with Gasteiger partial charge in [0.15, 0.2) is 5.82 Å². The smallest absolute Gasteiger partial charge is 0.246 e. The molecule has 1 saturated carbocycles. The Morgan fingerprint density at radius 2 is 2.00 bits per heavy atom. The number of β-amino-alcohol motifs (C(OH)–C–C–N with tert-alkyl or cyclic N) is 1. The predicted octanol–water partition coefficient (Wildman–Crippen LogP) is 1.21. The zero-order chi connectivity index (χ0) is 14.7. The van der Waals surface area contributed by atoms with Gasteiger partial charge in [0.1, 0.15) is 4.90 Å². The molecule has 0 atom stereocenters. The van der Waals surface area contributed by atoms with Crippen LogP contribution in [0.1, 0.15) is 12.8 Å². The summed E-state index contributed by atoms with van der Waals surface area (Å²) in [7, 11) is -4.02. The average molecular weight is 321 g/mol. The first-order chi connectivity index (χ1) is 9.24. The van der Waals surface area contributed by atoms with Gasteiger partial charge in [0.2, 0.25) is 10.0 Å². The van der Waals surface area contributed by atoms with Gasteiger partial charge >= 0.3 is 0 Å². The maximum Gasteiger partial charge on any atom is 0.246 e. The molecule has 0 bridgehead atoms. The highest BCUT2D eigenvalue weighted by Crippen LogP contribution is 2.46. The maximum absolute atomic E-state index is 13.9. The molecule has 8 heteroatoms. The largest absolute Gasteiger partial charge is 0.399 e. The van der Waals surface area contributed by atoms with E-state index >= 15 is 0 Å². The van der Waals surface area contributed by atoms with Gasteiger partial charge in [-0.05, 0) is 30.9 Å². The van der Waals surface area contributed by atoms with Crippen molar-refractivity contribution in [3.63, 3.8) is 0 Å². The molecule has 2 fully saturated rings. The van der Waals surface area contributed by atoms with Crippen LogP contribution in [0.3, 0.4) is 0 Å². The second-order valence-electron chi connectivity index (χ2n) is 5.47. The summed E-state index contributed by atoms with van der Waals surface area (Å²) in [6, 6.07) is 2.21. The molecule has 1 aromatic rings. The number of hydrogen-bond acceptors (Lipinski definition) is 4. The van der Waals surface area contributed by atoms with E-state index in [0.717, 1.165) is 29.3 Å². The highest BCUT2D eigenvalue weighted by Gasteiger charge is 2.55. The Hall–Kier alpha value is -0.890. The van der Waals surface area contributed by atoms with Gasteiger partial charge in [0, 0.05) is 18.8 Å². The maximum atomic E-state index is 13.9. The van der Waals surface area contributed by atoms with Gasteiger partial charge < -0.3 is 10.8 Å². The van der Waals surface area contributed by atoms with E-state index in [1.54, 1.807) is 0 Å². The number of nitrogens with zero attached hydrogens (tertiary/aromatic N) is 1. The Balaban J connectivity index is 1.90. The van der Waals surface area contributed by atoms with E-state index in [1.165, 1.54) is 0 Å². The Bertz CT molecular complexity index is 670. The van der Waals surface area contributed by atoms with Crippen molar-refractivity contribution in [2.75, 3.05) is 18.8 Å². The van der Waals surface area contributed by atoms with Crippen LogP contribution in [-0.2, 0) is 10.0 Å². The third-order valence-electron chi connectivity index (χ3n) is 3.87. The minimum Gasteiger partial charge on any atom is -0.399 e. The number of nitrogens with two attached hydrogens (primary N) is 1. The zero-order valence-electron chi connectivity index (χ0n) is 10.5. The summed E-state index contributed by atoms with van der Waals surface area (Å²) >= 11 is 5.62. The van der Waals surface area contributed by atoms with E-state index in [9.17, 15) is 17.9 Å². The molecule has 0 spiro atoms. The summed E-state index contributed by atoms with van der Waals surface area (Å²) < 4.78 is 39.6. The van der Waals surface area contributed by atoms with Gasteiger partial charge in [-0.15, -0.1) is 0 Å². The molecule has 0 aromatic heterocycles. The van der Waals surface area contributed by atoms with Gasteiger partial charge in [0.25, 0.3) is 0 Å². The number of nitrogen functional groups attached to an aromatic ring is 1. The van der Waals surface area contributed by atoms with E-state index in [4.69, 9.17) is 17.3 Å². The van der Waals surface area contributed by atoms with Crippen LogP contribution in [0.25, 0.3) is 0 Å². The van der Waals surface area contributed by atoms with Crippen molar-refractivity contribution in [1.29, 1.82) is 0 Å². The Morgan fingerprint density at radius 1 is 1.40 bits per heavy atom. The van der Waals surface area contributed by atoms with Crippen LogP contribution in [0.5, 0.6) is 0 Å². The zero-order valence-corrected chi connectivity index (χ0v) is 12.1. The molecule has 0 unspecified atom stereocenters. The van der Waals surface area contributed by atoms with Crippen molar-refractivity contribution in [2.24, 2.45) is 5.92 Å². The molecule has 5 nitrogen and oxygen atoms in total. The quantitative estimate of drug-likeness (QED) is 0.820. The lowest BCUT2D eigenvalue weighted by atomic mass is 9.91. The number of anilines is 1. The van der Waals surface area contributed by atoms with Crippen molar-refractivity contribution < 1.29 is 17.9 Å². The Kier molecular flexibility index (Phi) is 3.02. The van der Waals surface area contributed by atoms with Gasteiger partial charge in [-0.2, -0.15) is 4.31 Å². The Labute approximate surface area is 121 Å². The molecule has 3 N–H and O–H groups in total. The van der Waals surface area contributed by atoms with Gasteiger partial charge in [0.05, 0.1) is 10.6 Å². The van der Waals surface area contributed by atoms with E-state index in [2.05, 4.69) is 0 Å². The number of halogens is 2. The van der Waals surface area contributed by atoms with E-state index in [1.807, 2.05) is 0 Å². The molecule has 0 amide bonds. The summed E-state index contributed by atoms with van der Waals surface area (Å²) in [5.74, 6) is -0.856. The van der Waals surface area contributed by atoms with Crippen molar-refractivity contribution in [3.8, 4) is 0 Å². The van der Waals surface area contributed by atoms with Crippen molar-refractivity contribution in [2.45, 2.75) is 23.3 Å². The second kappa shape index (κ2) is 4.30. The number of sulfonamides is 1. The van der Waals surface area contributed by atoms with Crippen LogP contribution in [0.4, 0.5) is 10.1 Å². The molecule has 0 radical (unpaired) electrons. The summed E-state index contributed by atoms with van der Waals surface area (Å²) in [5, 5.41) is 9.83. The van der Waals surface area contributed by atoms with Gasteiger partial charge in [-0.1, -0.05) is 11.6 Å². The third kappa shape index (κ3) is 2.09. The topological polar surface area (TPSA) is 83.6 Å². The first-order valence-corrected chi connectivity index (χ1v) is 8.03. The minimum absolute atomic E-state index is 0.00808. The molecule has 1 aliphatic heterocycles. The third-order valence-corrected chi connectivity index (χ3v) is 5.94. The highest BCUT2D eigenvalue weighted by atomic mass is 35.5. The SMILES string of the molecule is Nc1cc(Cl)c(F)c(S(=O)(=O)N2CC(O)(C3CC3)C2)c1. The van der Waals surface area contributed by atoms with Crippen molar-refractivity contribution >= 4 is 27.3 Å². The molecule has 3 rings (SSSR count). The second-order valence-corrected chi connectivity index (χ2v) is 7.78. The Morgan fingerprint density at radius 3 is 2.55 bits per heavy atom. The number of hydrogen-bond donors (Lipinski definition) is 2. The molecular weight excluding hydrogens is 307 g/mol. The van der Waals surface area contributed by atoms with Gasteiger partial charge in [-0.3, -0.25) is 0 Å². The fourth-order valence-electron chi connectivity index (χ4n) is 2.52. The lowest BCUT2D eigenvalue weighted by Gasteiger charge is -2.45. The normalized spacial score (nSPS) is 22.6. The van der Waals surface area contributed by atoms with Crippen LogP contribution in [-0.4, -0.2) is 36.5 Å². The van der Waals surface area contributed by atoms with Crippen molar-refractivity contribution in [1.82, 2.24) is 4.31 Å². The van der Waals surface area contributed by atoms with Gasteiger partial charge in [-0.25, -0.2) is 12.8 Å². The molecule has 20 heavy (non-hydrogen) atoms. The fraction of sp³-hybridized carbons (Fsp3) is 0.500. The monoisotopic (exact) mass is 320 g/mol. The van der Waals surface area contributed by atoms with E-state index < -0.39 is 26.3 Å². The lowest BCUT2D eigenvalue weighted by Crippen LogP contribution is -2.64. The highest BCUT2D eigenvalue weighted by molar-refractivity contribution is 7.89. The van der Waals surface area contributed by atoms with Crippen LogP contribution in [0, 0.1) is 11.7 Å². The molecule has 2 aliphatic rings. The molecule has 1 aliphatic carbocycles. The lowest BCUT2D eigenvalue weighted by molar-refractivity contribution is -0.0765. The fourth-order valence-corrected chi connectivity index (χ4v) is 4.49. The minimum atomic E-state index is -4.02. The molecule has 1 saturated heterocycles. The van der Waals surface area contributed by atoms with Crippen LogP contribution >= 0.6 is 11.6 Å². The molecule has 1 aromatic carbocycles. The van der Waals surface area contributed by atoms with Crippen LogP contribution < -0.4 is 5.73 Å². The first kappa shape index (κ1) is 14.1. The first-order valence-electron chi connectivity index (χ1n) is 6.21. The average Bonchev–Trinajstić information content (AvgIpc) is 3.13. The summed E-state index contributed by atoms with van der Waals surface area (Å²) in [5.41, 5.74) is 4.62.